The molecule has 0 saturated carbocycles. The third kappa shape index (κ3) is 3.39. The molecule has 1 amide bonds. The Morgan fingerprint density at radius 2 is 2.17 bits per heavy atom. The van der Waals surface area contributed by atoms with Crippen LogP contribution in [-0.4, -0.2) is 12.0 Å². The number of benzene rings is 1. The Bertz CT molecular complexity index is 842. The lowest BCUT2D eigenvalue weighted by atomic mass is 10.0. The second kappa shape index (κ2) is 6.88. The molecule has 3 rings (SSSR count). The Kier molecular flexibility index (Phi) is 4.48. The predicted molar refractivity (Wildman–Crippen MR) is 88.8 cm³/mol. The summed E-state index contributed by atoms with van der Waals surface area (Å²) in [5, 5.41) is 12.0. The Morgan fingerprint density at radius 1 is 1.33 bits per heavy atom. The molecule has 120 valence electrons. The zero-order chi connectivity index (χ0) is 16.9. The van der Waals surface area contributed by atoms with Crippen molar-refractivity contribution < 1.29 is 13.9 Å². The fourth-order valence-electron chi connectivity index (χ4n) is 2.41. The highest BCUT2D eigenvalue weighted by Gasteiger charge is 2.19. The molecular weight excluding hydrogens is 304 g/mol. The van der Waals surface area contributed by atoms with Crippen molar-refractivity contribution in [1.29, 1.82) is 5.26 Å². The van der Waals surface area contributed by atoms with Gasteiger partial charge in [-0.25, -0.2) is 0 Å². The molecule has 1 N–H and O–H groups in total. The first kappa shape index (κ1) is 15.6. The van der Waals surface area contributed by atoms with Crippen molar-refractivity contribution in [3.05, 3.63) is 71.2 Å². The van der Waals surface area contributed by atoms with Gasteiger partial charge in [0.15, 0.2) is 0 Å². The van der Waals surface area contributed by atoms with Gasteiger partial charge in [-0.1, -0.05) is 18.2 Å². The Balaban J connectivity index is 1.78. The van der Waals surface area contributed by atoms with Crippen LogP contribution in [0.15, 0.2) is 64.3 Å². The zero-order valence-electron chi connectivity index (χ0n) is 13.2. The van der Waals surface area contributed by atoms with Crippen LogP contribution >= 0.6 is 0 Å². The summed E-state index contributed by atoms with van der Waals surface area (Å²) < 4.78 is 11.0. The lowest BCUT2D eigenvalue weighted by molar-refractivity contribution is -0.117. The van der Waals surface area contributed by atoms with Gasteiger partial charge in [0.2, 0.25) is 0 Å². The molecule has 1 aromatic carbocycles. The van der Waals surface area contributed by atoms with Crippen LogP contribution in [-0.2, 0) is 11.3 Å². The first-order valence-electron chi connectivity index (χ1n) is 7.57. The minimum Gasteiger partial charge on any atom is -0.485 e. The summed E-state index contributed by atoms with van der Waals surface area (Å²) in [6.07, 6.45) is 4.80. The topological polar surface area (TPSA) is 75.3 Å². The van der Waals surface area contributed by atoms with Crippen molar-refractivity contribution in [3.8, 4) is 11.8 Å². The van der Waals surface area contributed by atoms with Crippen LogP contribution in [0.3, 0.4) is 0 Å². The average Bonchev–Trinajstić information content (AvgIpc) is 3.11. The molecular formula is C19H16N2O3. The van der Waals surface area contributed by atoms with Gasteiger partial charge in [-0.05, 0) is 42.8 Å². The Labute approximate surface area is 139 Å². The standard InChI is InChI=1S/C19H16N2O3/c1-13-15(9-14-5-2-3-7-18(14)24-13)10-16(11-20)19(22)21-12-17-6-4-8-23-17/h2-10,13H,12H2,1H3,(H,21,22)/b16-10+. The van der Waals surface area contributed by atoms with E-state index in [1.807, 2.05) is 43.3 Å². The third-order valence-electron chi connectivity index (χ3n) is 3.69. The normalized spacial score (nSPS) is 16.4. The quantitative estimate of drug-likeness (QED) is 0.693. The Hall–Kier alpha value is -3.26. The highest BCUT2D eigenvalue weighted by molar-refractivity contribution is 5.98. The average molecular weight is 320 g/mol. The summed E-state index contributed by atoms with van der Waals surface area (Å²) >= 11 is 0. The predicted octanol–water partition coefficient (Wildman–Crippen LogP) is 3.21. The van der Waals surface area contributed by atoms with Gasteiger partial charge in [-0.3, -0.25) is 4.79 Å². The van der Waals surface area contributed by atoms with Crippen LogP contribution < -0.4 is 10.1 Å². The first-order valence-corrected chi connectivity index (χ1v) is 7.57. The number of nitrogens with one attached hydrogen (secondary N) is 1. The number of nitrogens with zero attached hydrogens (tertiary/aromatic N) is 1. The number of carbonyl (C=O) groups is 1. The van der Waals surface area contributed by atoms with Crippen molar-refractivity contribution >= 4 is 12.0 Å². The van der Waals surface area contributed by atoms with Gasteiger partial charge in [0.1, 0.15) is 29.3 Å². The molecule has 0 aliphatic carbocycles. The molecule has 1 aliphatic heterocycles. The molecule has 0 spiro atoms. The molecule has 2 heterocycles. The molecule has 0 bridgehead atoms. The maximum atomic E-state index is 12.2. The Morgan fingerprint density at radius 3 is 2.92 bits per heavy atom. The summed E-state index contributed by atoms with van der Waals surface area (Å²) in [7, 11) is 0. The van der Waals surface area contributed by atoms with Crippen molar-refractivity contribution in [2.75, 3.05) is 0 Å². The second-order valence-corrected chi connectivity index (χ2v) is 5.37. The van der Waals surface area contributed by atoms with Crippen LogP contribution in [0, 0.1) is 11.3 Å². The van der Waals surface area contributed by atoms with Crippen molar-refractivity contribution in [2.45, 2.75) is 19.6 Å². The van der Waals surface area contributed by atoms with E-state index in [2.05, 4.69) is 5.32 Å². The first-order chi connectivity index (χ1) is 11.7. The molecule has 5 nitrogen and oxygen atoms in total. The lowest BCUT2D eigenvalue weighted by Gasteiger charge is -2.22. The monoisotopic (exact) mass is 320 g/mol. The molecule has 5 heteroatoms. The fourth-order valence-corrected chi connectivity index (χ4v) is 2.41. The van der Waals surface area contributed by atoms with Crippen LogP contribution in [0.1, 0.15) is 18.2 Å². The van der Waals surface area contributed by atoms with E-state index in [0.717, 1.165) is 16.9 Å². The van der Waals surface area contributed by atoms with Crippen molar-refractivity contribution in [1.82, 2.24) is 5.32 Å². The molecule has 1 aliphatic rings. The zero-order valence-corrected chi connectivity index (χ0v) is 13.2. The number of furan rings is 1. The number of carbonyl (C=O) groups excluding carboxylic acids is 1. The molecule has 0 fully saturated rings. The SMILES string of the molecule is CC1Oc2ccccc2C=C1/C=C(\C#N)C(=O)NCc1ccco1. The maximum absolute atomic E-state index is 12.2. The van der Waals surface area contributed by atoms with Crippen molar-refractivity contribution in [3.63, 3.8) is 0 Å². The molecule has 0 saturated heterocycles. The number of para-hydroxylation sites is 1. The summed E-state index contributed by atoms with van der Waals surface area (Å²) in [6, 6.07) is 13.1. The van der Waals surface area contributed by atoms with E-state index < -0.39 is 5.91 Å². The minimum atomic E-state index is -0.444. The van der Waals surface area contributed by atoms with Gasteiger partial charge >= 0.3 is 0 Å². The molecule has 1 aromatic heterocycles. The highest BCUT2D eigenvalue weighted by Crippen LogP contribution is 2.30. The number of nitriles is 1. The van der Waals surface area contributed by atoms with Gasteiger partial charge in [-0.2, -0.15) is 5.26 Å². The maximum Gasteiger partial charge on any atom is 0.262 e. The number of fused-ring (bicyclic) bond motifs is 1. The molecule has 2 aromatic rings. The van der Waals surface area contributed by atoms with Crippen LogP contribution in [0.25, 0.3) is 6.08 Å². The van der Waals surface area contributed by atoms with E-state index in [-0.39, 0.29) is 18.2 Å². The van der Waals surface area contributed by atoms with Crippen LogP contribution in [0.4, 0.5) is 0 Å². The molecule has 24 heavy (non-hydrogen) atoms. The van der Waals surface area contributed by atoms with E-state index in [1.165, 1.54) is 6.26 Å². The highest BCUT2D eigenvalue weighted by atomic mass is 16.5. The largest absolute Gasteiger partial charge is 0.485 e. The number of hydrogen-bond donors (Lipinski definition) is 1. The minimum absolute atomic E-state index is 0.0302. The van der Waals surface area contributed by atoms with Gasteiger partial charge in [0.25, 0.3) is 5.91 Å². The lowest BCUT2D eigenvalue weighted by Crippen LogP contribution is -2.25. The van der Waals surface area contributed by atoms with E-state index in [4.69, 9.17) is 9.15 Å². The smallest absolute Gasteiger partial charge is 0.262 e. The summed E-state index contributed by atoms with van der Waals surface area (Å²) in [6.45, 7) is 2.12. The third-order valence-corrected chi connectivity index (χ3v) is 3.69. The van der Waals surface area contributed by atoms with Crippen molar-refractivity contribution in [2.24, 2.45) is 0 Å². The van der Waals surface area contributed by atoms with Crippen LogP contribution in [0.2, 0.25) is 0 Å². The molecule has 1 unspecified atom stereocenters. The van der Waals surface area contributed by atoms with E-state index in [0.29, 0.717) is 5.76 Å². The fraction of sp³-hybridized carbons (Fsp3) is 0.158. The second-order valence-electron chi connectivity index (χ2n) is 5.37. The summed E-state index contributed by atoms with van der Waals surface area (Å²) in [5.74, 6) is 0.979. The van der Waals surface area contributed by atoms with Gasteiger partial charge in [0, 0.05) is 5.56 Å². The number of amides is 1. The van der Waals surface area contributed by atoms with E-state index >= 15 is 0 Å². The summed E-state index contributed by atoms with van der Waals surface area (Å²) in [4.78, 5) is 12.2. The number of rotatable bonds is 4. The van der Waals surface area contributed by atoms with Gasteiger partial charge in [-0.15, -0.1) is 0 Å². The number of ether oxygens (including phenoxy) is 1. The molecule has 1 atom stereocenters. The van der Waals surface area contributed by atoms with E-state index in [1.54, 1.807) is 18.2 Å². The van der Waals surface area contributed by atoms with Crippen LogP contribution in [0.5, 0.6) is 5.75 Å². The number of hydrogen-bond acceptors (Lipinski definition) is 4. The van der Waals surface area contributed by atoms with E-state index in [9.17, 15) is 10.1 Å². The molecule has 0 radical (unpaired) electrons. The van der Waals surface area contributed by atoms with Gasteiger partial charge < -0.3 is 14.5 Å². The van der Waals surface area contributed by atoms with Gasteiger partial charge in [0.05, 0.1) is 12.8 Å². The summed E-state index contributed by atoms with van der Waals surface area (Å²) in [5.41, 5.74) is 1.73.